The van der Waals surface area contributed by atoms with Gasteiger partial charge in [0.1, 0.15) is 0 Å². The summed E-state index contributed by atoms with van der Waals surface area (Å²) in [6.07, 6.45) is 3.17. The van der Waals surface area contributed by atoms with Gasteiger partial charge in [0.25, 0.3) is 5.91 Å². The van der Waals surface area contributed by atoms with Crippen molar-refractivity contribution >= 4 is 15.6 Å². The number of carbonyl (C=O) groups excluding carboxylic acids is 1. The van der Waals surface area contributed by atoms with Crippen LogP contribution in [0.15, 0.2) is 4.36 Å². The van der Waals surface area contributed by atoms with Crippen LogP contribution in [0, 0.1) is 0 Å². The van der Waals surface area contributed by atoms with Gasteiger partial charge in [0, 0.05) is 41.2 Å². The molecule has 1 atom stereocenters. The Hall–Kier alpha value is -0.460. The molecule has 0 aromatic carbocycles. The standard InChI is InChI=1S/C8H16N2O3S/c1-14(2,12)10-8(11)5-7-6-13-4-3-9-7/h7,9H,3-6H2,1-2H3. The lowest BCUT2D eigenvalue weighted by Crippen LogP contribution is -2.42. The fraction of sp³-hybridized carbons (Fsp3) is 0.875. The van der Waals surface area contributed by atoms with E-state index in [0.717, 1.165) is 6.54 Å². The highest BCUT2D eigenvalue weighted by molar-refractivity contribution is 7.92. The number of amides is 1. The van der Waals surface area contributed by atoms with Crippen molar-refractivity contribution in [2.75, 3.05) is 32.3 Å². The van der Waals surface area contributed by atoms with Gasteiger partial charge in [0.05, 0.1) is 13.2 Å². The van der Waals surface area contributed by atoms with Gasteiger partial charge in [-0.2, -0.15) is 4.36 Å². The summed E-state index contributed by atoms with van der Waals surface area (Å²) in [5, 5.41) is 3.14. The summed E-state index contributed by atoms with van der Waals surface area (Å²) in [6.45, 7) is 1.96. The Morgan fingerprint density at radius 2 is 2.36 bits per heavy atom. The molecule has 0 bridgehead atoms. The van der Waals surface area contributed by atoms with Crippen molar-refractivity contribution in [2.45, 2.75) is 12.5 Å². The quantitative estimate of drug-likeness (QED) is 0.689. The van der Waals surface area contributed by atoms with E-state index in [4.69, 9.17) is 4.74 Å². The van der Waals surface area contributed by atoms with E-state index in [1.54, 1.807) is 0 Å². The molecule has 1 saturated heterocycles. The van der Waals surface area contributed by atoms with Crippen LogP contribution >= 0.6 is 0 Å². The Morgan fingerprint density at radius 1 is 1.64 bits per heavy atom. The molecule has 1 aliphatic rings. The normalized spacial score (nSPS) is 23.1. The fourth-order valence-electron chi connectivity index (χ4n) is 1.24. The second kappa shape index (κ2) is 4.86. The van der Waals surface area contributed by atoms with Crippen molar-refractivity contribution in [3.8, 4) is 0 Å². The zero-order chi connectivity index (χ0) is 10.6. The molecule has 5 nitrogen and oxygen atoms in total. The molecule has 0 aromatic rings. The van der Waals surface area contributed by atoms with Crippen molar-refractivity contribution in [3.05, 3.63) is 0 Å². The zero-order valence-electron chi connectivity index (χ0n) is 8.49. The first kappa shape index (κ1) is 11.6. The van der Waals surface area contributed by atoms with Gasteiger partial charge in [0.2, 0.25) is 0 Å². The van der Waals surface area contributed by atoms with Crippen molar-refractivity contribution in [3.63, 3.8) is 0 Å². The summed E-state index contributed by atoms with van der Waals surface area (Å²) in [4.78, 5) is 11.3. The number of morpholine rings is 1. The lowest BCUT2D eigenvalue weighted by Gasteiger charge is -2.22. The number of rotatable bonds is 2. The molecular weight excluding hydrogens is 204 g/mol. The Bertz CT molecular complexity index is 307. The summed E-state index contributed by atoms with van der Waals surface area (Å²) < 4.78 is 20.0. The van der Waals surface area contributed by atoms with Crippen molar-refractivity contribution in [2.24, 2.45) is 4.36 Å². The van der Waals surface area contributed by atoms with Crippen LogP contribution in [0.1, 0.15) is 6.42 Å². The second-order valence-electron chi connectivity index (χ2n) is 3.60. The predicted molar refractivity (Wildman–Crippen MR) is 54.7 cm³/mol. The second-order valence-corrected chi connectivity index (χ2v) is 6.14. The minimum atomic E-state index is -2.32. The topological polar surface area (TPSA) is 67.8 Å². The van der Waals surface area contributed by atoms with E-state index < -0.39 is 9.73 Å². The van der Waals surface area contributed by atoms with E-state index in [1.807, 2.05) is 0 Å². The summed E-state index contributed by atoms with van der Waals surface area (Å²) in [7, 11) is -2.32. The smallest absolute Gasteiger partial charge is 0.255 e. The average Bonchev–Trinajstić information content (AvgIpc) is 2.02. The van der Waals surface area contributed by atoms with Crippen LogP contribution in [-0.2, 0) is 19.3 Å². The molecule has 6 heteroatoms. The molecule has 0 aliphatic carbocycles. The lowest BCUT2D eigenvalue weighted by atomic mass is 10.2. The van der Waals surface area contributed by atoms with Gasteiger partial charge >= 0.3 is 0 Å². The number of nitrogens with one attached hydrogen (secondary N) is 1. The molecule has 1 N–H and O–H groups in total. The van der Waals surface area contributed by atoms with E-state index >= 15 is 0 Å². The van der Waals surface area contributed by atoms with Crippen LogP contribution in [0.25, 0.3) is 0 Å². The molecule has 0 saturated carbocycles. The fourth-order valence-corrected chi connectivity index (χ4v) is 1.81. The van der Waals surface area contributed by atoms with Crippen LogP contribution in [0.3, 0.4) is 0 Å². The van der Waals surface area contributed by atoms with E-state index in [0.29, 0.717) is 13.2 Å². The number of carbonyl (C=O) groups is 1. The molecule has 0 aromatic heterocycles. The number of hydrogen-bond acceptors (Lipinski definition) is 4. The molecule has 82 valence electrons. The maximum Gasteiger partial charge on any atom is 0.255 e. The molecule has 1 aliphatic heterocycles. The first-order valence-corrected chi connectivity index (χ1v) is 6.81. The molecule has 0 radical (unpaired) electrons. The molecule has 1 heterocycles. The van der Waals surface area contributed by atoms with E-state index in [1.165, 1.54) is 12.5 Å². The van der Waals surface area contributed by atoms with Gasteiger partial charge in [-0.3, -0.25) is 4.79 Å². The van der Waals surface area contributed by atoms with Gasteiger partial charge < -0.3 is 10.1 Å². The third-order valence-electron chi connectivity index (χ3n) is 1.74. The number of hydrogen-bond donors (Lipinski definition) is 1. The first-order chi connectivity index (χ1) is 6.47. The zero-order valence-corrected chi connectivity index (χ0v) is 9.30. The SMILES string of the molecule is CS(C)(=O)=NC(=O)CC1COCCN1. The van der Waals surface area contributed by atoms with Gasteiger partial charge in [-0.15, -0.1) is 0 Å². The molecule has 0 spiro atoms. The summed E-state index contributed by atoms with van der Waals surface area (Å²) >= 11 is 0. The van der Waals surface area contributed by atoms with Crippen LogP contribution in [0.4, 0.5) is 0 Å². The van der Waals surface area contributed by atoms with Crippen LogP contribution in [0.5, 0.6) is 0 Å². The first-order valence-electron chi connectivity index (χ1n) is 4.48. The maximum atomic E-state index is 11.3. The van der Waals surface area contributed by atoms with Crippen LogP contribution in [0.2, 0.25) is 0 Å². The highest BCUT2D eigenvalue weighted by atomic mass is 32.2. The van der Waals surface area contributed by atoms with Crippen molar-refractivity contribution in [1.82, 2.24) is 5.32 Å². The third kappa shape index (κ3) is 4.69. The summed E-state index contributed by atoms with van der Waals surface area (Å²) in [6, 6.07) is 0.0155. The van der Waals surface area contributed by atoms with Gasteiger partial charge in [0.15, 0.2) is 0 Å². The monoisotopic (exact) mass is 220 g/mol. The van der Waals surface area contributed by atoms with E-state index in [9.17, 15) is 9.00 Å². The van der Waals surface area contributed by atoms with Crippen LogP contribution < -0.4 is 5.32 Å². The maximum absolute atomic E-state index is 11.3. The average molecular weight is 220 g/mol. The largest absolute Gasteiger partial charge is 0.378 e. The van der Waals surface area contributed by atoms with E-state index in [2.05, 4.69) is 9.68 Å². The molecule has 14 heavy (non-hydrogen) atoms. The van der Waals surface area contributed by atoms with Gasteiger partial charge in [-0.1, -0.05) is 0 Å². The molecule has 1 rings (SSSR count). The van der Waals surface area contributed by atoms with Crippen molar-refractivity contribution < 1.29 is 13.7 Å². The Morgan fingerprint density at radius 3 is 2.86 bits per heavy atom. The summed E-state index contributed by atoms with van der Waals surface area (Å²) in [5.41, 5.74) is 0. The number of nitrogens with zero attached hydrogens (tertiary/aromatic N) is 1. The highest BCUT2D eigenvalue weighted by Gasteiger charge is 2.16. The Balaban J connectivity index is 2.44. The third-order valence-corrected chi connectivity index (χ3v) is 2.38. The lowest BCUT2D eigenvalue weighted by molar-refractivity contribution is -0.118. The minimum absolute atomic E-state index is 0.0155. The van der Waals surface area contributed by atoms with Crippen LogP contribution in [-0.4, -0.2) is 48.4 Å². The minimum Gasteiger partial charge on any atom is -0.378 e. The van der Waals surface area contributed by atoms with Gasteiger partial charge in [-0.05, 0) is 0 Å². The number of ether oxygens (including phenoxy) is 1. The Kier molecular flexibility index (Phi) is 4.03. The van der Waals surface area contributed by atoms with E-state index in [-0.39, 0.29) is 18.4 Å². The summed E-state index contributed by atoms with van der Waals surface area (Å²) in [5.74, 6) is -0.317. The highest BCUT2D eigenvalue weighted by Crippen LogP contribution is 2.01. The molecule has 1 unspecified atom stereocenters. The van der Waals surface area contributed by atoms with Crippen molar-refractivity contribution in [1.29, 1.82) is 0 Å². The van der Waals surface area contributed by atoms with Gasteiger partial charge in [-0.25, -0.2) is 4.21 Å². The Labute approximate surface area is 84.4 Å². The molecule has 1 fully saturated rings. The molecular formula is C8H16N2O3S. The predicted octanol–water partition coefficient (Wildman–Crippen LogP) is -0.381. The molecule has 1 amide bonds.